The predicted octanol–water partition coefficient (Wildman–Crippen LogP) is 10.4. The SMILES string of the molecule is COc1ccc(OC)c(C=Cc2ccc(N3C(=O)[C@H]4[C@H](CC=C5[C@H]4C[C@H]4C(=O)N(c6cc(-c7sc8ccc(Cl)cc8c7C)nn6C)C(=O)[C@@]4(C)[C@H]5c4cc(Br)c(O)c(OC)c4)C3=O)cc2)c1. The van der Waals surface area contributed by atoms with E-state index in [1.165, 1.54) is 16.9 Å². The number of hydrogen-bond donors (Lipinski definition) is 1. The van der Waals surface area contributed by atoms with Gasteiger partial charge in [-0.3, -0.25) is 28.8 Å². The molecular formula is C51H44BrClN4O8S. The van der Waals surface area contributed by atoms with Gasteiger partial charge < -0.3 is 19.3 Å². The molecule has 15 heteroatoms. The standard InChI is InChI=1S/C51H44BrClN4O8S/c1-25-34-22-29(53)11-18-41(34)66-46(25)38-24-42(55(3)54-38)57-48(60)36-23-35-32(44(51(36,2)50(57)62)28-20-37(52)45(58)40(21-28)65-6)15-16-33-43(35)49(61)56(47(33)59)30-12-8-26(9-13-30)7-10-27-19-31(63-4)14-17-39(27)64-5/h7-15,17-22,24,33,35-36,43-44,58H,16,23H2,1-6H3/t33-,35+,36-,43-,44-,51+/m0/s1. The van der Waals surface area contributed by atoms with E-state index in [0.29, 0.717) is 43.8 Å². The Hall–Kier alpha value is -6.22. The Bertz CT molecular complexity index is 3120. The van der Waals surface area contributed by atoms with Gasteiger partial charge in [-0.1, -0.05) is 47.5 Å². The van der Waals surface area contributed by atoms with Gasteiger partial charge >= 0.3 is 0 Å². The predicted molar refractivity (Wildman–Crippen MR) is 258 cm³/mol. The normalized spacial score (nSPS) is 23.7. The summed E-state index contributed by atoms with van der Waals surface area (Å²) in [4.78, 5) is 63.2. The van der Waals surface area contributed by atoms with Gasteiger partial charge in [0, 0.05) is 34.3 Å². The summed E-state index contributed by atoms with van der Waals surface area (Å²) in [6.07, 6.45) is 6.26. The summed E-state index contributed by atoms with van der Waals surface area (Å²) in [6.45, 7) is 3.83. The van der Waals surface area contributed by atoms with E-state index in [2.05, 4.69) is 15.9 Å². The first-order valence-corrected chi connectivity index (χ1v) is 23.4. The molecule has 4 aromatic carbocycles. The number of ether oxygens (including phenoxy) is 3. The van der Waals surface area contributed by atoms with Crippen LogP contribution in [0.5, 0.6) is 23.0 Å². The number of hydrogen-bond acceptors (Lipinski definition) is 10. The lowest BCUT2D eigenvalue weighted by Crippen LogP contribution is -2.49. The third-order valence-electron chi connectivity index (χ3n) is 14.1. The molecule has 1 saturated carbocycles. The van der Waals surface area contributed by atoms with Crippen LogP contribution >= 0.6 is 38.9 Å². The second kappa shape index (κ2) is 16.3. The summed E-state index contributed by atoms with van der Waals surface area (Å²) in [5.41, 5.74) is 3.80. The lowest BCUT2D eigenvalue weighted by Gasteiger charge is -2.49. The number of methoxy groups -OCH3 is 3. The molecule has 4 amide bonds. The molecule has 2 saturated heterocycles. The van der Waals surface area contributed by atoms with Crippen molar-refractivity contribution < 1.29 is 38.5 Å². The highest BCUT2D eigenvalue weighted by Gasteiger charge is 2.68. The van der Waals surface area contributed by atoms with Gasteiger partial charge in [0.2, 0.25) is 23.6 Å². The van der Waals surface area contributed by atoms with Crippen molar-refractivity contribution in [3.05, 3.63) is 122 Å². The topological polar surface area (TPSA) is 140 Å². The molecule has 0 bridgehead atoms. The number of amides is 4. The summed E-state index contributed by atoms with van der Waals surface area (Å²) in [5.74, 6) is -3.32. The minimum atomic E-state index is -1.34. The van der Waals surface area contributed by atoms with Gasteiger partial charge in [0.15, 0.2) is 11.5 Å². The highest BCUT2D eigenvalue weighted by molar-refractivity contribution is 9.10. The number of nitrogens with zero attached hydrogens (tertiary/aromatic N) is 4. The molecule has 6 aromatic rings. The number of fused-ring (bicyclic) bond motifs is 5. The van der Waals surface area contributed by atoms with Crippen molar-refractivity contribution in [1.29, 1.82) is 0 Å². The van der Waals surface area contributed by atoms with Gasteiger partial charge in [-0.15, -0.1) is 11.3 Å². The number of allylic oxidation sites excluding steroid dienone is 2. The van der Waals surface area contributed by atoms with Crippen LogP contribution in [0.15, 0.2) is 95.0 Å². The van der Waals surface area contributed by atoms with E-state index >= 15 is 9.59 Å². The fourth-order valence-corrected chi connectivity index (χ4v) is 12.7. The van der Waals surface area contributed by atoms with E-state index in [1.54, 1.807) is 67.6 Å². The quantitative estimate of drug-likeness (QED) is 0.0852. The van der Waals surface area contributed by atoms with E-state index < -0.39 is 46.8 Å². The number of aromatic nitrogens is 2. The van der Waals surface area contributed by atoms with E-state index in [0.717, 1.165) is 37.2 Å². The molecule has 1 N–H and O–H groups in total. The Morgan fingerprint density at radius 1 is 0.864 bits per heavy atom. The Kier molecular flexibility index (Phi) is 10.8. The third-order valence-corrected chi connectivity index (χ3v) is 16.3. The third kappa shape index (κ3) is 6.62. The fraction of sp³-hybridized carbons (Fsp3) is 0.275. The minimum Gasteiger partial charge on any atom is -0.503 e. The Labute approximate surface area is 398 Å². The summed E-state index contributed by atoms with van der Waals surface area (Å²) < 4.78 is 19.5. The first-order valence-electron chi connectivity index (χ1n) is 21.4. The number of aryl methyl sites for hydroxylation is 2. The molecule has 12 nitrogen and oxygen atoms in total. The van der Waals surface area contributed by atoms with E-state index in [4.69, 9.17) is 30.9 Å². The first kappa shape index (κ1) is 43.7. The molecule has 2 aliphatic heterocycles. The number of phenolic OH excluding ortho intramolecular Hbond substituents is 1. The molecule has 3 fully saturated rings. The second-order valence-corrected chi connectivity index (χ2v) is 19.8. The number of halogens is 2. The zero-order valence-corrected chi connectivity index (χ0v) is 40.0. The molecule has 2 aromatic heterocycles. The molecule has 66 heavy (non-hydrogen) atoms. The van der Waals surface area contributed by atoms with Gasteiger partial charge in [-0.2, -0.15) is 5.10 Å². The number of anilines is 2. The molecule has 0 unspecified atom stereocenters. The molecule has 4 heterocycles. The van der Waals surface area contributed by atoms with Crippen LogP contribution in [0.2, 0.25) is 5.02 Å². The average molecular weight is 988 g/mol. The van der Waals surface area contributed by atoms with Gasteiger partial charge in [0.05, 0.1) is 59.5 Å². The van der Waals surface area contributed by atoms with Crippen LogP contribution in [0.1, 0.15) is 47.9 Å². The Morgan fingerprint density at radius 3 is 2.35 bits per heavy atom. The molecule has 4 aliphatic rings. The summed E-state index contributed by atoms with van der Waals surface area (Å²) >= 11 is 11.4. The van der Waals surface area contributed by atoms with Crippen molar-refractivity contribution >= 4 is 96.2 Å². The van der Waals surface area contributed by atoms with E-state index in [-0.39, 0.29) is 36.2 Å². The molecular weight excluding hydrogens is 944 g/mol. The number of aromatic hydroxyl groups is 1. The van der Waals surface area contributed by atoms with Crippen LogP contribution in [-0.2, 0) is 26.2 Å². The first-order chi connectivity index (χ1) is 31.7. The molecule has 6 atom stereocenters. The number of phenols is 1. The van der Waals surface area contributed by atoms with Crippen LogP contribution in [0.4, 0.5) is 11.5 Å². The Balaban J connectivity index is 1.01. The highest BCUT2D eigenvalue weighted by atomic mass is 79.9. The van der Waals surface area contributed by atoms with E-state index in [9.17, 15) is 14.7 Å². The number of carbonyl (C=O) groups is 4. The van der Waals surface area contributed by atoms with Crippen LogP contribution < -0.4 is 24.0 Å². The maximum absolute atomic E-state index is 15.4. The molecule has 2 aliphatic carbocycles. The maximum atomic E-state index is 15.4. The Morgan fingerprint density at radius 2 is 1.62 bits per heavy atom. The number of thiophene rings is 1. The number of rotatable bonds is 9. The van der Waals surface area contributed by atoms with Crippen LogP contribution in [0.3, 0.4) is 0 Å². The number of benzene rings is 4. The van der Waals surface area contributed by atoms with Gasteiger partial charge in [0.1, 0.15) is 23.0 Å². The molecule has 10 rings (SSSR count). The minimum absolute atomic E-state index is 0.113. The zero-order chi connectivity index (χ0) is 46.5. The fourth-order valence-electron chi connectivity index (χ4n) is 10.9. The lowest BCUT2D eigenvalue weighted by atomic mass is 9.51. The van der Waals surface area contributed by atoms with Crippen molar-refractivity contribution in [2.75, 3.05) is 31.1 Å². The van der Waals surface area contributed by atoms with Crippen molar-refractivity contribution in [2.45, 2.75) is 32.6 Å². The van der Waals surface area contributed by atoms with Crippen LogP contribution in [-0.4, -0.2) is 59.8 Å². The smallest absolute Gasteiger partial charge is 0.242 e. The van der Waals surface area contributed by atoms with Gasteiger partial charge in [-0.25, -0.2) is 4.90 Å². The van der Waals surface area contributed by atoms with Crippen molar-refractivity contribution in [3.8, 4) is 33.6 Å². The van der Waals surface area contributed by atoms with E-state index in [1.807, 2.05) is 80.6 Å². The lowest BCUT2D eigenvalue weighted by molar-refractivity contribution is -0.131. The van der Waals surface area contributed by atoms with Crippen molar-refractivity contribution in [3.63, 3.8) is 0 Å². The van der Waals surface area contributed by atoms with Crippen molar-refractivity contribution in [2.24, 2.45) is 36.1 Å². The molecule has 0 spiro atoms. The maximum Gasteiger partial charge on any atom is 0.242 e. The zero-order valence-electron chi connectivity index (χ0n) is 36.8. The molecule has 336 valence electrons. The highest BCUT2D eigenvalue weighted by Crippen LogP contribution is 2.64. The average Bonchev–Trinajstić information content (AvgIpc) is 3.99. The number of imide groups is 2. The number of carbonyl (C=O) groups excluding carboxylic acids is 4. The second-order valence-electron chi connectivity index (χ2n) is 17.5. The summed E-state index contributed by atoms with van der Waals surface area (Å²) in [5, 5.41) is 17.4. The summed E-state index contributed by atoms with van der Waals surface area (Å²) in [7, 11) is 6.37. The van der Waals surface area contributed by atoms with Crippen LogP contribution in [0.25, 0.3) is 32.8 Å². The largest absolute Gasteiger partial charge is 0.503 e. The molecule has 0 radical (unpaired) electrons. The van der Waals surface area contributed by atoms with Gasteiger partial charge in [0.25, 0.3) is 0 Å². The summed E-state index contributed by atoms with van der Waals surface area (Å²) in [6, 6.07) is 23.7. The van der Waals surface area contributed by atoms with Gasteiger partial charge in [-0.05, 0) is 131 Å². The monoisotopic (exact) mass is 986 g/mol. The van der Waals surface area contributed by atoms with Crippen molar-refractivity contribution in [1.82, 2.24) is 9.78 Å². The van der Waals surface area contributed by atoms with Crippen LogP contribution in [0, 0.1) is 36.0 Å².